The smallest absolute Gasteiger partial charge is 0.248 e. The molecule has 0 bridgehead atoms. The van der Waals surface area contributed by atoms with Crippen LogP contribution < -0.4 is 0 Å². The number of rotatable bonds is 6. The number of aryl methyl sites for hydroxylation is 2. The summed E-state index contributed by atoms with van der Waals surface area (Å²) in [6, 6.07) is 0. The van der Waals surface area contributed by atoms with Crippen molar-refractivity contribution in [2.24, 2.45) is 11.8 Å². The molecule has 0 radical (unpaired) electrons. The fourth-order valence-electron chi connectivity index (χ4n) is 4.39. The Balaban J connectivity index is 1.47. The van der Waals surface area contributed by atoms with Crippen molar-refractivity contribution < 1.29 is 22.5 Å². The van der Waals surface area contributed by atoms with Crippen molar-refractivity contribution in [1.82, 2.24) is 19.3 Å². The Morgan fingerprint density at radius 3 is 2.03 bits per heavy atom. The molecule has 3 rings (SSSR count). The van der Waals surface area contributed by atoms with Gasteiger partial charge in [-0.15, -0.1) is 0 Å². The Morgan fingerprint density at radius 2 is 1.55 bits per heavy atom. The highest BCUT2D eigenvalue weighted by Gasteiger charge is 2.35. The highest BCUT2D eigenvalue weighted by Crippen LogP contribution is 2.29. The number of amides is 2. The van der Waals surface area contributed by atoms with Crippen molar-refractivity contribution >= 4 is 21.8 Å². The molecule has 0 unspecified atom stereocenters. The summed E-state index contributed by atoms with van der Waals surface area (Å²) in [6.07, 6.45) is 2.28. The van der Waals surface area contributed by atoms with Gasteiger partial charge in [0.1, 0.15) is 10.6 Å². The van der Waals surface area contributed by atoms with Gasteiger partial charge in [0.15, 0.2) is 5.76 Å². The Hall–Kier alpha value is -1.94. The minimum Gasteiger partial charge on any atom is -0.360 e. The van der Waals surface area contributed by atoms with Crippen molar-refractivity contribution in [2.45, 2.75) is 58.3 Å². The molecule has 2 aliphatic heterocycles. The van der Waals surface area contributed by atoms with Gasteiger partial charge in [-0.1, -0.05) is 19.0 Å². The average molecular weight is 455 g/mol. The first-order valence-corrected chi connectivity index (χ1v) is 12.5. The lowest BCUT2D eigenvalue weighted by molar-refractivity contribution is -0.140. The summed E-state index contributed by atoms with van der Waals surface area (Å²) in [5, 5.41) is 3.76. The average Bonchev–Trinajstić information content (AvgIpc) is 3.06. The fraction of sp³-hybridized carbons (Fsp3) is 0.762. The topological polar surface area (TPSA) is 104 Å². The Kier molecular flexibility index (Phi) is 7.41. The van der Waals surface area contributed by atoms with E-state index in [0.717, 1.165) is 0 Å². The third-order valence-electron chi connectivity index (χ3n) is 6.17. The van der Waals surface area contributed by atoms with Crippen LogP contribution in [0.2, 0.25) is 0 Å². The number of hydrogen-bond donors (Lipinski definition) is 0. The lowest BCUT2D eigenvalue weighted by Crippen LogP contribution is -2.51. The number of piperidine rings is 1. The largest absolute Gasteiger partial charge is 0.360 e. The summed E-state index contributed by atoms with van der Waals surface area (Å²) >= 11 is 0. The quantitative estimate of drug-likeness (QED) is 0.649. The van der Waals surface area contributed by atoms with Crippen LogP contribution >= 0.6 is 0 Å². The molecule has 2 fully saturated rings. The van der Waals surface area contributed by atoms with E-state index in [-0.39, 0.29) is 22.6 Å². The van der Waals surface area contributed by atoms with Gasteiger partial charge in [-0.05, 0) is 38.5 Å². The van der Waals surface area contributed by atoms with Gasteiger partial charge in [0, 0.05) is 52.1 Å². The van der Waals surface area contributed by atoms with Crippen molar-refractivity contribution in [3.8, 4) is 0 Å². The minimum absolute atomic E-state index is 0.1000. The third-order valence-corrected chi connectivity index (χ3v) is 8.31. The minimum atomic E-state index is -3.63. The molecule has 0 atom stereocenters. The second-order valence-corrected chi connectivity index (χ2v) is 10.9. The van der Waals surface area contributed by atoms with Gasteiger partial charge in [0.2, 0.25) is 21.8 Å². The molecule has 10 heteroatoms. The van der Waals surface area contributed by atoms with E-state index in [9.17, 15) is 18.0 Å². The lowest BCUT2D eigenvalue weighted by Gasteiger charge is -2.36. The van der Waals surface area contributed by atoms with Crippen LogP contribution in [-0.2, 0) is 19.6 Å². The SMILES string of the molecule is Cc1noc(C)c1S(=O)(=O)N1CCC(CC(=O)N2CCN(C(=O)CC(C)C)CC2)CC1. The van der Waals surface area contributed by atoms with Crippen molar-refractivity contribution in [2.75, 3.05) is 39.3 Å². The Morgan fingerprint density at radius 1 is 1.00 bits per heavy atom. The first-order chi connectivity index (χ1) is 14.6. The van der Waals surface area contributed by atoms with Crippen molar-refractivity contribution in [3.05, 3.63) is 11.5 Å². The summed E-state index contributed by atoms with van der Waals surface area (Å²) in [5.41, 5.74) is 0.376. The summed E-state index contributed by atoms with van der Waals surface area (Å²) < 4.78 is 32.4. The van der Waals surface area contributed by atoms with Crippen LogP contribution in [0.3, 0.4) is 0 Å². The van der Waals surface area contributed by atoms with E-state index in [1.54, 1.807) is 13.8 Å². The fourth-order valence-corrected chi connectivity index (χ4v) is 6.15. The normalized spacial score (nSPS) is 19.3. The van der Waals surface area contributed by atoms with Crippen LogP contribution in [0.4, 0.5) is 0 Å². The van der Waals surface area contributed by atoms with Crippen molar-refractivity contribution in [1.29, 1.82) is 0 Å². The zero-order valence-corrected chi connectivity index (χ0v) is 19.8. The zero-order chi connectivity index (χ0) is 22.8. The van der Waals surface area contributed by atoms with Crippen LogP contribution in [0, 0.1) is 25.7 Å². The summed E-state index contributed by atoms with van der Waals surface area (Å²) in [7, 11) is -3.63. The standard InChI is InChI=1S/C21H34N4O5S/c1-15(2)13-19(26)23-9-11-24(12-10-23)20(27)14-18-5-7-25(8-6-18)31(28,29)21-16(3)22-30-17(21)4/h15,18H,5-14H2,1-4H3. The lowest BCUT2D eigenvalue weighted by atomic mass is 9.94. The molecule has 2 saturated heterocycles. The van der Waals surface area contributed by atoms with E-state index in [1.807, 2.05) is 23.6 Å². The predicted octanol–water partition coefficient (Wildman–Crippen LogP) is 1.80. The van der Waals surface area contributed by atoms with Gasteiger partial charge < -0.3 is 14.3 Å². The van der Waals surface area contributed by atoms with Gasteiger partial charge in [0.25, 0.3) is 0 Å². The highest BCUT2D eigenvalue weighted by atomic mass is 32.2. The third kappa shape index (κ3) is 5.46. The molecule has 0 spiro atoms. The molecular formula is C21H34N4O5S. The van der Waals surface area contributed by atoms with E-state index in [1.165, 1.54) is 4.31 Å². The molecule has 9 nitrogen and oxygen atoms in total. The first-order valence-electron chi connectivity index (χ1n) is 11.1. The van der Waals surface area contributed by atoms with Crippen LogP contribution in [0.1, 0.15) is 51.0 Å². The molecule has 0 aromatic carbocycles. The molecule has 174 valence electrons. The van der Waals surface area contributed by atoms with Crippen LogP contribution in [0.15, 0.2) is 9.42 Å². The Bertz CT molecular complexity index is 875. The molecule has 3 heterocycles. The highest BCUT2D eigenvalue weighted by molar-refractivity contribution is 7.89. The second kappa shape index (κ2) is 9.68. The number of sulfonamides is 1. The number of nitrogens with zero attached hydrogens (tertiary/aromatic N) is 4. The van der Waals surface area contributed by atoms with Crippen LogP contribution in [0.5, 0.6) is 0 Å². The van der Waals surface area contributed by atoms with E-state index >= 15 is 0 Å². The maximum atomic E-state index is 12.9. The molecule has 2 amide bonds. The summed E-state index contributed by atoms with van der Waals surface area (Å²) in [4.78, 5) is 28.8. The number of piperazine rings is 1. The first kappa shape index (κ1) is 23.7. The number of carbonyl (C=O) groups excluding carboxylic acids is 2. The number of hydrogen-bond acceptors (Lipinski definition) is 6. The molecule has 0 saturated carbocycles. The van der Waals surface area contributed by atoms with Gasteiger partial charge in [0.05, 0.1) is 0 Å². The van der Waals surface area contributed by atoms with Gasteiger partial charge in [-0.3, -0.25) is 9.59 Å². The summed E-state index contributed by atoms with van der Waals surface area (Å²) in [5.74, 6) is 1.07. The molecule has 1 aromatic rings. The molecule has 31 heavy (non-hydrogen) atoms. The second-order valence-electron chi connectivity index (χ2n) is 9.06. The molecule has 0 N–H and O–H groups in total. The van der Waals surface area contributed by atoms with Gasteiger partial charge in [-0.2, -0.15) is 4.31 Å². The molecule has 0 aliphatic carbocycles. The van der Waals surface area contributed by atoms with E-state index in [4.69, 9.17) is 4.52 Å². The van der Waals surface area contributed by atoms with Crippen molar-refractivity contribution in [3.63, 3.8) is 0 Å². The Labute approximate surface area is 184 Å². The van der Waals surface area contributed by atoms with Crippen LogP contribution in [0.25, 0.3) is 0 Å². The molecular weight excluding hydrogens is 420 g/mol. The molecule has 1 aromatic heterocycles. The van der Waals surface area contributed by atoms with Crippen LogP contribution in [-0.4, -0.2) is 78.8 Å². The molecule has 2 aliphatic rings. The number of aromatic nitrogens is 1. The maximum Gasteiger partial charge on any atom is 0.248 e. The summed E-state index contributed by atoms with van der Waals surface area (Å²) in [6.45, 7) is 10.4. The monoisotopic (exact) mass is 454 g/mol. The van der Waals surface area contributed by atoms with Gasteiger partial charge >= 0.3 is 0 Å². The van der Waals surface area contributed by atoms with E-state index < -0.39 is 10.0 Å². The predicted molar refractivity (Wildman–Crippen MR) is 115 cm³/mol. The zero-order valence-electron chi connectivity index (χ0n) is 19.0. The maximum absolute atomic E-state index is 12.9. The number of carbonyl (C=O) groups is 2. The van der Waals surface area contributed by atoms with E-state index in [0.29, 0.717) is 82.3 Å². The van der Waals surface area contributed by atoms with E-state index in [2.05, 4.69) is 5.16 Å². The van der Waals surface area contributed by atoms with Gasteiger partial charge in [-0.25, -0.2) is 8.42 Å².